The molecule has 6 nitrogen and oxygen atoms in total. The molecule has 0 fully saturated rings. The van der Waals surface area contributed by atoms with E-state index in [1.165, 1.54) is 0 Å². The lowest BCUT2D eigenvalue weighted by molar-refractivity contribution is -0.208. The number of alkyl halides is 4. The van der Waals surface area contributed by atoms with Gasteiger partial charge in [0.15, 0.2) is 11.8 Å². The van der Waals surface area contributed by atoms with Crippen LogP contribution in [0.2, 0.25) is 0 Å². The Kier molecular flexibility index (Phi) is 5.12. The molecule has 0 saturated carbocycles. The highest BCUT2D eigenvalue weighted by atomic mass is 35.5. The lowest BCUT2D eigenvalue weighted by Gasteiger charge is -2.14. The number of hydrogen-bond acceptors (Lipinski definition) is 5. The summed E-state index contributed by atoms with van der Waals surface area (Å²) in [5.74, 6) is -1.11. The molecule has 108 valence electrons. The van der Waals surface area contributed by atoms with Crippen LogP contribution in [0.25, 0.3) is 0 Å². The Bertz CT molecular complexity index is 450. The van der Waals surface area contributed by atoms with Crippen molar-refractivity contribution in [1.29, 1.82) is 0 Å². The first-order valence-corrected chi connectivity index (χ1v) is 5.74. The third-order valence-corrected chi connectivity index (χ3v) is 2.41. The number of nitrogens with zero attached hydrogens (tertiary/aromatic N) is 3. The molecule has 0 saturated heterocycles. The maximum atomic E-state index is 12.2. The van der Waals surface area contributed by atoms with E-state index in [0.29, 0.717) is 0 Å². The fourth-order valence-electron chi connectivity index (χ4n) is 1.24. The van der Waals surface area contributed by atoms with E-state index in [-0.39, 0.29) is 23.9 Å². The number of rotatable bonds is 5. The van der Waals surface area contributed by atoms with Gasteiger partial charge in [0, 0.05) is 0 Å². The minimum absolute atomic E-state index is 0.0385. The van der Waals surface area contributed by atoms with Crippen LogP contribution in [-0.2, 0) is 17.2 Å². The van der Waals surface area contributed by atoms with Crippen LogP contribution in [0.3, 0.4) is 0 Å². The van der Waals surface area contributed by atoms with Crippen LogP contribution in [-0.4, -0.2) is 45.0 Å². The summed E-state index contributed by atoms with van der Waals surface area (Å²) in [7, 11) is 0. The van der Waals surface area contributed by atoms with Crippen molar-refractivity contribution in [2.45, 2.75) is 31.6 Å². The molecule has 1 aromatic heterocycles. The van der Waals surface area contributed by atoms with Crippen molar-refractivity contribution in [3.63, 3.8) is 0 Å². The van der Waals surface area contributed by atoms with Gasteiger partial charge in [-0.2, -0.15) is 13.2 Å². The molecule has 1 atom stereocenters. The van der Waals surface area contributed by atoms with E-state index in [9.17, 15) is 18.0 Å². The maximum Gasteiger partial charge on any atom is 0.416 e. The van der Waals surface area contributed by atoms with E-state index in [2.05, 4.69) is 15.0 Å². The van der Waals surface area contributed by atoms with Gasteiger partial charge in [-0.3, -0.25) is 0 Å². The van der Waals surface area contributed by atoms with Crippen LogP contribution < -0.4 is 0 Å². The number of ether oxygens (including phenoxy) is 1. The zero-order valence-electron chi connectivity index (χ0n) is 9.82. The lowest BCUT2D eigenvalue weighted by atomic mass is 10.3. The van der Waals surface area contributed by atoms with Crippen molar-refractivity contribution in [3.05, 3.63) is 11.4 Å². The van der Waals surface area contributed by atoms with Gasteiger partial charge in [-0.25, -0.2) is 9.48 Å². The monoisotopic (exact) mass is 301 g/mol. The molecule has 0 aliphatic rings. The van der Waals surface area contributed by atoms with Crippen molar-refractivity contribution < 1.29 is 27.8 Å². The number of aromatic nitrogens is 3. The smallest absolute Gasteiger partial charge is 0.416 e. The molecule has 0 bridgehead atoms. The third-order valence-electron chi connectivity index (χ3n) is 2.16. The summed E-state index contributed by atoms with van der Waals surface area (Å²) in [6, 6.07) is 0. The summed E-state index contributed by atoms with van der Waals surface area (Å²) in [6.07, 6.45) is -7.41. The molecule has 0 aromatic carbocycles. The largest absolute Gasteiger partial charge is 0.461 e. The van der Waals surface area contributed by atoms with Gasteiger partial charge in [-0.15, -0.1) is 16.7 Å². The van der Waals surface area contributed by atoms with Crippen molar-refractivity contribution in [1.82, 2.24) is 15.0 Å². The molecule has 0 aliphatic carbocycles. The Morgan fingerprint density at radius 3 is 2.68 bits per heavy atom. The Balaban J connectivity index is 2.95. The quantitative estimate of drug-likeness (QED) is 0.651. The highest BCUT2D eigenvalue weighted by Gasteiger charge is 2.39. The lowest BCUT2D eigenvalue weighted by Crippen LogP contribution is -2.33. The Morgan fingerprint density at radius 2 is 2.21 bits per heavy atom. The van der Waals surface area contributed by atoms with E-state index in [1.54, 1.807) is 6.92 Å². The second kappa shape index (κ2) is 6.20. The van der Waals surface area contributed by atoms with Crippen LogP contribution >= 0.6 is 11.6 Å². The number of halogens is 4. The van der Waals surface area contributed by atoms with Crippen molar-refractivity contribution >= 4 is 17.6 Å². The summed E-state index contributed by atoms with van der Waals surface area (Å²) < 4.78 is 42.1. The number of aliphatic hydroxyl groups is 1. The standard InChI is InChI=1S/C9H11ClF3N3O3/c1-2-19-8(18)7-5(3-10)16(15-14-7)4-6(17)9(11,12)13/h6,17H,2-4H2,1H3. The molecular weight excluding hydrogens is 291 g/mol. The molecule has 0 radical (unpaired) electrons. The maximum absolute atomic E-state index is 12.2. The van der Waals surface area contributed by atoms with Crippen molar-refractivity contribution in [2.75, 3.05) is 6.61 Å². The van der Waals surface area contributed by atoms with Gasteiger partial charge in [0.2, 0.25) is 0 Å². The van der Waals surface area contributed by atoms with Gasteiger partial charge in [0.05, 0.1) is 24.7 Å². The predicted molar refractivity (Wildman–Crippen MR) is 57.6 cm³/mol. The van der Waals surface area contributed by atoms with Gasteiger partial charge in [0.25, 0.3) is 0 Å². The number of hydrogen-bond donors (Lipinski definition) is 1. The molecular formula is C9H11ClF3N3O3. The third kappa shape index (κ3) is 3.80. The summed E-state index contributed by atoms with van der Waals surface area (Å²) in [5, 5.41) is 15.7. The topological polar surface area (TPSA) is 77.2 Å². The molecule has 1 heterocycles. The molecule has 10 heteroatoms. The zero-order chi connectivity index (χ0) is 14.6. The van der Waals surface area contributed by atoms with Crippen molar-refractivity contribution in [2.24, 2.45) is 0 Å². The molecule has 0 aliphatic heterocycles. The molecule has 0 amide bonds. The van der Waals surface area contributed by atoms with Crippen LogP contribution in [0.15, 0.2) is 0 Å². The van der Waals surface area contributed by atoms with E-state index in [1.807, 2.05) is 0 Å². The molecule has 1 N–H and O–H groups in total. The normalized spacial score (nSPS) is 13.4. The number of esters is 1. The highest BCUT2D eigenvalue weighted by Crippen LogP contribution is 2.22. The average molecular weight is 302 g/mol. The number of carbonyl (C=O) groups excluding carboxylic acids is 1. The number of aliphatic hydroxyl groups excluding tert-OH is 1. The summed E-state index contributed by atoms with van der Waals surface area (Å²) in [4.78, 5) is 11.4. The first-order valence-electron chi connectivity index (χ1n) is 5.21. The molecule has 0 spiro atoms. The van der Waals surface area contributed by atoms with E-state index in [4.69, 9.17) is 16.7 Å². The molecule has 19 heavy (non-hydrogen) atoms. The number of carbonyl (C=O) groups is 1. The molecule has 1 aromatic rings. The van der Waals surface area contributed by atoms with E-state index in [0.717, 1.165) is 4.68 Å². The summed E-state index contributed by atoms with van der Waals surface area (Å²) in [6.45, 7) is 0.757. The van der Waals surface area contributed by atoms with E-state index < -0.39 is 24.8 Å². The summed E-state index contributed by atoms with van der Waals surface area (Å²) in [5.41, 5.74) is -0.297. The Morgan fingerprint density at radius 1 is 1.58 bits per heavy atom. The minimum Gasteiger partial charge on any atom is -0.461 e. The first-order chi connectivity index (χ1) is 8.81. The van der Waals surface area contributed by atoms with E-state index >= 15 is 0 Å². The van der Waals surface area contributed by atoms with Gasteiger partial charge in [-0.05, 0) is 6.92 Å². The predicted octanol–water partition coefficient (Wildman–Crippen LogP) is 1.12. The zero-order valence-corrected chi connectivity index (χ0v) is 10.6. The molecule has 1 unspecified atom stereocenters. The Labute approximate surface area is 111 Å². The Hall–Kier alpha value is -1.35. The fraction of sp³-hybridized carbons (Fsp3) is 0.667. The molecule has 1 rings (SSSR count). The first kappa shape index (κ1) is 15.7. The SMILES string of the molecule is CCOC(=O)c1nnn(CC(O)C(F)(F)F)c1CCl. The van der Waals surface area contributed by atoms with Gasteiger partial charge in [-0.1, -0.05) is 5.21 Å². The minimum atomic E-state index is -4.79. The van der Waals surface area contributed by atoms with Gasteiger partial charge < -0.3 is 9.84 Å². The van der Waals surface area contributed by atoms with Gasteiger partial charge in [0.1, 0.15) is 0 Å². The highest BCUT2D eigenvalue weighted by molar-refractivity contribution is 6.17. The van der Waals surface area contributed by atoms with Crippen LogP contribution in [0, 0.1) is 0 Å². The second-order valence-corrected chi connectivity index (χ2v) is 3.75. The van der Waals surface area contributed by atoms with Gasteiger partial charge >= 0.3 is 12.1 Å². The summed E-state index contributed by atoms with van der Waals surface area (Å²) >= 11 is 5.55. The van der Waals surface area contributed by atoms with Crippen LogP contribution in [0.5, 0.6) is 0 Å². The van der Waals surface area contributed by atoms with Crippen molar-refractivity contribution in [3.8, 4) is 0 Å². The second-order valence-electron chi connectivity index (χ2n) is 3.48. The fourth-order valence-corrected chi connectivity index (χ4v) is 1.50. The average Bonchev–Trinajstić information content (AvgIpc) is 2.71. The van der Waals surface area contributed by atoms with Crippen LogP contribution in [0.1, 0.15) is 23.1 Å². The van der Waals surface area contributed by atoms with Crippen LogP contribution in [0.4, 0.5) is 13.2 Å².